The number of anilines is 1. The summed E-state index contributed by atoms with van der Waals surface area (Å²) in [6, 6.07) is 16.8. The molecule has 130 valence electrons. The summed E-state index contributed by atoms with van der Waals surface area (Å²) in [4.78, 5) is 12.2. The molecular weight excluding hydrogens is 346 g/mol. The minimum atomic E-state index is -0.142. The normalized spacial score (nSPS) is 10.3. The number of rotatable bonds is 5. The van der Waals surface area contributed by atoms with Crippen molar-refractivity contribution in [2.75, 3.05) is 11.1 Å². The third kappa shape index (κ3) is 3.92. The highest BCUT2D eigenvalue weighted by molar-refractivity contribution is 7.99. The molecule has 3 rings (SSSR count). The molecule has 0 spiro atoms. The maximum atomic E-state index is 12.2. The van der Waals surface area contributed by atoms with Crippen molar-refractivity contribution in [3.05, 3.63) is 65.5 Å². The van der Waals surface area contributed by atoms with E-state index >= 15 is 0 Å². The molecule has 3 aromatic rings. The van der Waals surface area contributed by atoms with Gasteiger partial charge in [0.1, 0.15) is 5.82 Å². The second-order valence-electron chi connectivity index (χ2n) is 5.68. The number of hydrogen-bond acceptors (Lipinski definition) is 5. The van der Waals surface area contributed by atoms with Gasteiger partial charge in [-0.3, -0.25) is 9.36 Å². The standard InChI is InChI=1S/C19H17N5OS/c1-13-5-3-4-6-17(13)24-14(2)22-23-19(24)26-12-18(25)21-16-9-7-15(11-20)8-10-16/h3-10H,12H2,1-2H3,(H,21,25). The van der Waals surface area contributed by atoms with Crippen molar-refractivity contribution < 1.29 is 4.79 Å². The molecule has 1 heterocycles. The highest BCUT2D eigenvalue weighted by Gasteiger charge is 2.14. The van der Waals surface area contributed by atoms with Crippen molar-refractivity contribution in [1.82, 2.24) is 14.8 Å². The molecule has 1 N–H and O–H groups in total. The second-order valence-corrected chi connectivity index (χ2v) is 6.62. The molecule has 1 aromatic heterocycles. The monoisotopic (exact) mass is 363 g/mol. The molecule has 1 amide bonds. The minimum absolute atomic E-state index is 0.142. The molecule has 6 nitrogen and oxygen atoms in total. The van der Waals surface area contributed by atoms with E-state index in [1.54, 1.807) is 24.3 Å². The molecular formula is C19H17N5OS. The molecule has 0 unspecified atom stereocenters. The van der Waals surface area contributed by atoms with Gasteiger partial charge in [-0.2, -0.15) is 5.26 Å². The Kier molecular flexibility index (Phi) is 5.34. The van der Waals surface area contributed by atoms with Gasteiger partial charge in [-0.1, -0.05) is 30.0 Å². The van der Waals surface area contributed by atoms with Crippen LogP contribution in [-0.2, 0) is 4.79 Å². The second kappa shape index (κ2) is 7.85. The zero-order valence-corrected chi connectivity index (χ0v) is 15.2. The number of benzene rings is 2. The van der Waals surface area contributed by atoms with E-state index in [0.717, 1.165) is 17.1 Å². The molecule has 0 aliphatic carbocycles. The number of nitriles is 1. The highest BCUT2D eigenvalue weighted by Crippen LogP contribution is 2.24. The number of hydrogen-bond donors (Lipinski definition) is 1. The first-order valence-electron chi connectivity index (χ1n) is 7.99. The average Bonchev–Trinajstić information content (AvgIpc) is 3.01. The molecule has 2 aromatic carbocycles. The smallest absolute Gasteiger partial charge is 0.234 e. The molecule has 0 aliphatic rings. The summed E-state index contributed by atoms with van der Waals surface area (Å²) in [5.41, 5.74) is 3.33. The van der Waals surface area contributed by atoms with Gasteiger partial charge < -0.3 is 5.32 Å². The van der Waals surface area contributed by atoms with Crippen LogP contribution in [0.25, 0.3) is 5.69 Å². The van der Waals surface area contributed by atoms with Crippen LogP contribution >= 0.6 is 11.8 Å². The number of amides is 1. The Morgan fingerprint density at radius 2 is 1.88 bits per heavy atom. The Balaban J connectivity index is 1.69. The number of aryl methyl sites for hydroxylation is 2. The Morgan fingerprint density at radius 3 is 2.58 bits per heavy atom. The summed E-state index contributed by atoms with van der Waals surface area (Å²) in [7, 11) is 0. The number of nitrogens with one attached hydrogen (secondary N) is 1. The number of nitrogens with zero attached hydrogens (tertiary/aromatic N) is 4. The largest absolute Gasteiger partial charge is 0.325 e. The maximum absolute atomic E-state index is 12.2. The predicted molar refractivity (Wildman–Crippen MR) is 101 cm³/mol. The third-order valence-electron chi connectivity index (χ3n) is 3.78. The summed E-state index contributed by atoms with van der Waals surface area (Å²) in [6.45, 7) is 3.92. The summed E-state index contributed by atoms with van der Waals surface area (Å²) in [5.74, 6) is 0.843. The van der Waals surface area contributed by atoms with Crippen LogP contribution < -0.4 is 5.32 Å². The molecule has 0 atom stereocenters. The summed E-state index contributed by atoms with van der Waals surface area (Å²) in [6.07, 6.45) is 0. The quantitative estimate of drug-likeness (QED) is 0.702. The van der Waals surface area contributed by atoms with E-state index in [-0.39, 0.29) is 11.7 Å². The summed E-state index contributed by atoms with van der Waals surface area (Å²) < 4.78 is 1.95. The SMILES string of the molecule is Cc1ccccc1-n1c(C)nnc1SCC(=O)Nc1ccc(C#N)cc1. The van der Waals surface area contributed by atoms with Gasteiger partial charge in [-0.25, -0.2) is 0 Å². The molecule has 0 fully saturated rings. The lowest BCUT2D eigenvalue weighted by molar-refractivity contribution is -0.113. The third-order valence-corrected chi connectivity index (χ3v) is 4.71. The summed E-state index contributed by atoms with van der Waals surface area (Å²) in [5, 5.41) is 20.6. The number of para-hydroxylation sites is 1. The van der Waals surface area contributed by atoms with E-state index in [1.807, 2.05) is 48.7 Å². The van der Waals surface area contributed by atoms with Gasteiger partial charge in [0.2, 0.25) is 5.91 Å². The lowest BCUT2D eigenvalue weighted by Crippen LogP contribution is -2.14. The van der Waals surface area contributed by atoms with Crippen LogP contribution in [0.4, 0.5) is 5.69 Å². The van der Waals surface area contributed by atoms with E-state index in [0.29, 0.717) is 16.4 Å². The van der Waals surface area contributed by atoms with Crippen LogP contribution in [0.3, 0.4) is 0 Å². The fraction of sp³-hybridized carbons (Fsp3) is 0.158. The molecule has 0 saturated heterocycles. The summed E-state index contributed by atoms with van der Waals surface area (Å²) >= 11 is 1.33. The Morgan fingerprint density at radius 1 is 1.15 bits per heavy atom. The molecule has 0 saturated carbocycles. The Bertz CT molecular complexity index is 972. The molecule has 0 aliphatic heterocycles. The van der Waals surface area contributed by atoms with Crippen LogP contribution in [0.15, 0.2) is 53.7 Å². The van der Waals surface area contributed by atoms with Gasteiger partial charge in [0.15, 0.2) is 5.16 Å². The molecule has 0 bridgehead atoms. The number of carbonyl (C=O) groups is 1. The molecule has 7 heteroatoms. The topological polar surface area (TPSA) is 83.6 Å². The Labute approximate surface area is 155 Å². The predicted octanol–water partition coefficient (Wildman–Crippen LogP) is 3.49. The minimum Gasteiger partial charge on any atom is -0.325 e. The maximum Gasteiger partial charge on any atom is 0.234 e. The van der Waals surface area contributed by atoms with E-state index in [9.17, 15) is 4.79 Å². The van der Waals surface area contributed by atoms with Crippen molar-refractivity contribution in [2.24, 2.45) is 0 Å². The van der Waals surface area contributed by atoms with Crippen LogP contribution in [0.5, 0.6) is 0 Å². The van der Waals surface area contributed by atoms with Crippen molar-refractivity contribution in [2.45, 2.75) is 19.0 Å². The van der Waals surface area contributed by atoms with Crippen LogP contribution in [0.2, 0.25) is 0 Å². The van der Waals surface area contributed by atoms with Gasteiger partial charge in [0.25, 0.3) is 0 Å². The van der Waals surface area contributed by atoms with Crippen molar-refractivity contribution >= 4 is 23.4 Å². The number of carbonyl (C=O) groups excluding carboxylic acids is 1. The van der Waals surface area contributed by atoms with E-state index < -0.39 is 0 Å². The van der Waals surface area contributed by atoms with Crippen LogP contribution in [-0.4, -0.2) is 26.4 Å². The van der Waals surface area contributed by atoms with Gasteiger partial charge in [-0.05, 0) is 49.7 Å². The molecule has 26 heavy (non-hydrogen) atoms. The fourth-order valence-electron chi connectivity index (χ4n) is 2.48. The van der Waals surface area contributed by atoms with E-state index in [1.165, 1.54) is 11.8 Å². The first-order chi connectivity index (χ1) is 12.6. The van der Waals surface area contributed by atoms with Crippen molar-refractivity contribution in [1.29, 1.82) is 5.26 Å². The zero-order valence-electron chi connectivity index (χ0n) is 14.4. The van der Waals surface area contributed by atoms with Gasteiger partial charge in [0.05, 0.1) is 23.1 Å². The van der Waals surface area contributed by atoms with Crippen molar-refractivity contribution in [3.63, 3.8) is 0 Å². The van der Waals surface area contributed by atoms with E-state index in [4.69, 9.17) is 5.26 Å². The number of aromatic nitrogens is 3. The first-order valence-corrected chi connectivity index (χ1v) is 8.98. The number of thioether (sulfide) groups is 1. The van der Waals surface area contributed by atoms with Gasteiger partial charge in [-0.15, -0.1) is 10.2 Å². The Hall–Kier alpha value is -3.11. The highest BCUT2D eigenvalue weighted by atomic mass is 32.2. The first kappa shape index (κ1) is 17.7. The van der Waals surface area contributed by atoms with Crippen molar-refractivity contribution in [3.8, 4) is 11.8 Å². The zero-order chi connectivity index (χ0) is 18.5. The van der Waals surface area contributed by atoms with E-state index in [2.05, 4.69) is 15.5 Å². The molecule has 0 radical (unpaired) electrons. The fourth-order valence-corrected chi connectivity index (χ4v) is 3.27. The van der Waals surface area contributed by atoms with Crippen LogP contribution in [0, 0.1) is 25.2 Å². The average molecular weight is 363 g/mol. The lowest BCUT2D eigenvalue weighted by Gasteiger charge is -2.11. The lowest BCUT2D eigenvalue weighted by atomic mass is 10.2. The van der Waals surface area contributed by atoms with Crippen LogP contribution in [0.1, 0.15) is 17.0 Å². The van der Waals surface area contributed by atoms with Gasteiger partial charge in [0, 0.05) is 5.69 Å². The van der Waals surface area contributed by atoms with Gasteiger partial charge >= 0.3 is 0 Å².